The number of nitrogens with two attached hydrogens (primary N) is 2. The average Bonchev–Trinajstić information content (AvgIpc) is 2.37. The van der Waals surface area contributed by atoms with Gasteiger partial charge in [0, 0.05) is 19.1 Å². The second kappa shape index (κ2) is 3.87. The first-order chi connectivity index (χ1) is 5.65. The molecular formula is C8H17N3O. The van der Waals surface area contributed by atoms with E-state index in [0.29, 0.717) is 0 Å². The molecule has 0 aromatic carbocycles. The molecule has 4 N–H and O–H groups in total. The maximum absolute atomic E-state index is 11.0. The Kier molecular flexibility index (Phi) is 3.05. The van der Waals surface area contributed by atoms with Crippen LogP contribution >= 0.6 is 0 Å². The van der Waals surface area contributed by atoms with Gasteiger partial charge >= 0.3 is 0 Å². The van der Waals surface area contributed by atoms with Crippen LogP contribution in [-0.4, -0.2) is 36.0 Å². The number of carbonyl (C=O) groups excluding carboxylic acids is 1. The van der Waals surface area contributed by atoms with Crippen molar-refractivity contribution in [2.45, 2.75) is 31.8 Å². The molecule has 4 nitrogen and oxygen atoms in total. The van der Waals surface area contributed by atoms with Crippen molar-refractivity contribution in [1.82, 2.24) is 4.90 Å². The summed E-state index contributed by atoms with van der Waals surface area (Å²) in [5.74, 6) is -0.230. The molecule has 0 aromatic heterocycles. The highest BCUT2D eigenvalue weighted by Gasteiger charge is 2.28. The first-order valence-corrected chi connectivity index (χ1v) is 4.44. The summed E-state index contributed by atoms with van der Waals surface area (Å²) < 4.78 is 0. The summed E-state index contributed by atoms with van der Waals surface area (Å²) in [7, 11) is 0. The molecule has 0 saturated carbocycles. The van der Waals surface area contributed by atoms with Crippen LogP contribution in [0.1, 0.15) is 19.8 Å². The Morgan fingerprint density at radius 2 is 2.42 bits per heavy atom. The predicted molar refractivity (Wildman–Crippen MR) is 47.4 cm³/mol. The van der Waals surface area contributed by atoms with Gasteiger partial charge in [-0.2, -0.15) is 0 Å². The number of nitrogens with zero attached hydrogens (tertiary/aromatic N) is 1. The van der Waals surface area contributed by atoms with E-state index in [1.54, 1.807) is 0 Å². The quantitative estimate of drug-likeness (QED) is 0.589. The Labute approximate surface area is 72.9 Å². The fourth-order valence-corrected chi connectivity index (χ4v) is 1.74. The summed E-state index contributed by atoms with van der Waals surface area (Å²) in [5.41, 5.74) is 11.0. The summed E-state index contributed by atoms with van der Waals surface area (Å²) in [4.78, 5) is 13.0. The Morgan fingerprint density at radius 3 is 2.75 bits per heavy atom. The molecular weight excluding hydrogens is 154 g/mol. The Morgan fingerprint density at radius 1 is 1.75 bits per heavy atom. The van der Waals surface area contributed by atoms with Crippen molar-refractivity contribution in [3.63, 3.8) is 0 Å². The van der Waals surface area contributed by atoms with Gasteiger partial charge < -0.3 is 11.5 Å². The molecule has 0 aromatic rings. The summed E-state index contributed by atoms with van der Waals surface area (Å²) in [5, 5.41) is 0. The van der Waals surface area contributed by atoms with E-state index < -0.39 is 0 Å². The monoisotopic (exact) mass is 171 g/mol. The lowest BCUT2D eigenvalue weighted by Gasteiger charge is -2.23. The van der Waals surface area contributed by atoms with E-state index in [9.17, 15) is 4.79 Å². The van der Waals surface area contributed by atoms with Crippen molar-refractivity contribution in [1.29, 1.82) is 0 Å². The van der Waals surface area contributed by atoms with E-state index >= 15 is 0 Å². The third kappa shape index (κ3) is 1.95. The summed E-state index contributed by atoms with van der Waals surface area (Å²) >= 11 is 0. The minimum atomic E-state index is -0.230. The predicted octanol–water partition coefficient (Wildman–Crippen LogP) is -0.717. The number of carbonyl (C=O) groups is 1. The van der Waals surface area contributed by atoms with Crippen molar-refractivity contribution >= 4 is 5.91 Å². The standard InChI is InChI=1S/C8H17N3O/c1-2-7(8(10)12)11-4-3-6(9)5-11/h6-7H,2-5,9H2,1H3,(H2,10,12)/t6-,7?/m0/s1. The van der Waals surface area contributed by atoms with Crippen LogP contribution in [0.25, 0.3) is 0 Å². The van der Waals surface area contributed by atoms with Gasteiger partial charge in [-0.25, -0.2) is 0 Å². The second-order valence-corrected chi connectivity index (χ2v) is 3.37. The van der Waals surface area contributed by atoms with Crippen molar-refractivity contribution < 1.29 is 4.79 Å². The minimum Gasteiger partial charge on any atom is -0.368 e. The van der Waals surface area contributed by atoms with Crippen LogP contribution in [0, 0.1) is 0 Å². The molecule has 0 bridgehead atoms. The molecule has 4 heteroatoms. The Bertz CT molecular complexity index is 172. The molecule has 1 saturated heterocycles. The average molecular weight is 171 g/mol. The number of rotatable bonds is 3. The Balaban J connectivity index is 2.49. The van der Waals surface area contributed by atoms with Gasteiger partial charge in [0.1, 0.15) is 0 Å². The number of primary amides is 1. The first kappa shape index (κ1) is 9.48. The molecule has 2 atom stereocenters. The molecule has 70 valence electrons. The van der Waals surface area contributed by atoms with Crippen molar-refractivity contribution in [2.24, 2.45) is 11.5 Å². The number of hydrogen-bond donors (Lipinski definition) is 2. The van der Waals surface area contributed by atoms with Crippen molar-refractivity contribution in [2.75, 3.05) is 13.1 Å². The lowest BCUT2D eigenvalue weighted by molar-refractivity contribution is -0.123. The van der Waals surface area contributed by atoms with Gasteiger partial charge in [-0.3, -0.25) is 9.69 Å². The molecule has 1 aliphatic rings. The van der Waals surface area contributed by atoms with Crippen LogP contribution < -0.4 is 11.5 Å². The fraction of sp³-hybridized carbons (Fsp3) is 0.875. The van der Waals surface area contributed by atoms with Gasteiger partial charge in [-0.05, 0) is 12.8 Å². The molecule has 1 aliphatic heterocycles. The maximum Gasteiger partial charge on any atom is 0.234 e. The molecule has 1 rings (SSSR count). The maximum atomic E-state index is 11.0. The van der Waals surface area contributed by atoms with E-state index in [2.05, 4.69) is 4.90 Å². The highest BCUT2D eigenvalue weighted by Crippen LogP contribution is 2.12. The van der Waals surface area contributed by atoms with Crippen molar-refractivity contribution in [3.05, 3.63) is 0 Å². The van der Waals surface area contributed by atoms with Gasteiger partial charge in [0.2, 0.25) is 5.91 Å². The van der Waals surface area contributed by atoms with E-state index in [-0.39, 0.29) is 18.0 Å². The number of hydrogen-bond acceptors (Lipinski definition) is 3. The van der Waals surface area contributed by atoms with Crippen LogP contribution in [-0.2, 0) is 4.79 Å². The smallest absolute Gasteiger partial charge is 0.234 e. The first-order valence-electron chi connectivity index (χ1n) is 4.44. The van der Waals surface area contributed by atoms with Crippen LogP contribution in [0.4, 0.5) is 0 Å². The molecule has 0 spiro atoms. The molecule has 0 radical (unpaired) electrons. The second-order valence-electron chi connectivity index (χ2n) is 3.37. The summed E-state index contributed by atoms with van der Waals surface area (Å²) in [6, 6.07) is 0.108. The van der Waals surface area contributed by atoms with E-state index in [1.807, 2.05) is 6.92 Å². The normalized spacial score (nSPS) is 27.3. The molecule has 0 aliphatic carbocycles. The third-order valence-corrected chi connectivity index (χ3v) is 2.41. The van der Waals surface area contributed by atoms with Crippen LogP contribution in [0.3, 0.4) is 0 Å². The number of amides is 1. The van der Waals surface area contributed by atoms with Crippen LogP contribution in [0.15, 0.2) is 0 Å². The molecule has 1 heterocycles. The van der Waals surface area contributed by atoms with Gasteiger partial charge in [-0.15, -0.1) is 0 Å². The zero-order chi connectivity index (χ0) is 9.14. The van der Waals surface area contributed by atoms with Gasteiger partial charge in [-0.1, -0.05) is 6.92 Å². The molecule has 1 fully saturated rings. The summed E-state index contributed by atoms with van der Waals surface area (Å²) in [6.07, 6.45) is 1.76. The zero-order valence-corrected chi connectivity index (χ0v) is 7.49. The van der Waals surface area contributed by atoms with Crippen LogP contribution in [0.5, 0.6) is 0 Å². The molecule has 1 amide bonds. The van der Waals surface area contributed by atoms with E-state index in [4.69, 9.17) is 11.5 Å². The molecule has 1 unspecified atom stereocenters. The van der Waals surface area contributed by atoms with Gasteiger partial charge in [0.25, 0.3) is 0 Å². The lowest BCUT2D eigenvalue weighted by atomic mass is 10.2. The Hall–Kier alpha value is -0.610. The van der Waals surface area contributed by atoms with Crippen LogP contribution in [0.2, 0.25) is 0 Å². The topological polar surface area (TPSA) is 72.4 Å². The van der Waals surface area contributed by atoms with E-state index in [0.717, 1.165) is 25.9 Å². The largest absolute Gasteiger partial charge is 0.368 e. The van der Waals surface area contributed by atoms with Gasteiger partial charge in [0.15, 0.2) is 0 Å². The minimum absolute atomic E-state index is 0.112. The highest BCUT2D eigenvalue weighted by molar-refractivity contribution is 5.79. The lowest BCUT2D eigenvalue weighted by Crippen LogP contribution is -2.44. The highest BCUT2D eigenvalue weighted by atomic mass is 16.1. The SMILES string of the molecule is CCC(C(N)=O)N1CC[C@H](N)C1. The van der Waals surface area contributed by atoms with E-state index in [1.165, 1.54) is 0 Å². The third-order valence-electron chi connectivity index (χ3n) is 2.41. The van der Waals surface area contributed by atoms with Gasteiger partial charge in [0.05, 0.1) is 6.04 Å². The number of likely N-dealkylation sites (tertiary alicyclic amines) is 1. The zero-order valence-electron chi connectivity index (χ0n) is 7.49. The van der Waals surface area contributed by atoms with Crippen molar-refractivity contribution in [3.8, 4) is 0 Å². The summed E-state index contributed by atoms with van der Waals surface area (Å²) in [6.45, 7) is 3.68. The molecule has 12 heavy (non-hydrogen) atoms. The fourth-order valence-electron chi connectivity index (χ4n) is 1.74.